The molecular weight excluding hydrogens is 1230 g/mol. The lowest BCUT2D eigenvalue weighted by atomic mass is 10.0. The molecule has 8 rings (SSSR count). The van der Waals surface area contributed by atoms with E-state index in [-0.39, 0.29) is 22.7 Å². The fourth-order valence-electron chi connectivity index (χ4n) is 7.40. The molecule has 0 saturated carbocycles. The van der Waals surface area contributed by atoms with E-state index in [1.807, 2.05) is 0 Å². The van der Waals surface area contributed by atoms with Crippen molar-refractivity contribution in [1.29, 1.82) is 0 Å². The van der Waals surface area contributed by atoms with Crippen molar-refractivity contribution in [3.05, 3.63) is 226 Å². The average molecular weight is 1270 g/mol. The zero-order valence-corrected chi connectivity index (χ0v) is 44.2. The van der Waals surface area contributed by atoms with Crippen LogP contribution in [0.3, 0.4) is 0 Å². The molecule has 0 atom stereocenters. The van der Waals surface area contributed by atoms with E-state index in [2.05, 4.69) is 14.8 Å². The van der Waals surface area contributed by atoms with Gasteiger partial charge in [-0.25, -0.2) is 22.4 Å². The molecule has 0 aliphatic carbocycles. The number of hydrogen-bond acceptors (Lipinski definition) is 11. The normalized spacial score (nSPS) is 11.4. The van der Waals surface area contributed by atoms with Gasteiger partial charge in [0.15, 0.2) is 11.6 Å². The van der Waals surface area contributed by atoms with Crippen LogP contribution in [0.5, 0.6) is 46.0 Å². The van der Waals surface area contributed by atoms with Gasteiger partial charge in [0, 0.05) is 23.5 Å². The Labute approximate surface area is 489 Å². The Kier molecular flexibility index (Phi) is 21.2. The lowest BCUT2D eigenvalue weighted by Crippen LogP contribution is -2.21. The van der Waals surface area contributed by atoms with Crippen LogP contribution in [0.4, 0.5) is 81.6 Å². The largest absolute Gasteiger partial charge is 0.573 e. The first kappa shape index (κ1) is 67.2. The molecule has 0 radical (unpaired) electrons. The second-order valence-electron chi connectivity index (χ2n) is 17.6. The first-order valence-electron chi connectivity index (χ1n) is 24.4. The van der Waals surface area contributed by atoms with Crippen molar-refractivity contribution in [1.82, 2.24) is 0 Å². The van der Waals surface area contributed by atoms with E-state index in [0.717, 1.165) is 72.8 Å². The molecule has 8 N–H and O–H groups in total. The zero-order valence-electron chi connectivity index (χ0n) is 44.2. The van der Waals surface area contributed by atoms with E-state index >= 15 is 4.39 Å². The number of carbonyl (C=O) groups is 4. The number of hydrogen-bond donors (Lipinski definition) is 5. The van der Waals surface area contributed by atoms with Crippen molar-refractivity contribution in [2.75, 3.05) is 11.1 Å². The third-order valence-electron chi connectivity index (χ3n) is 11.2. The number of nitrogen functional groups attached to an aromatic ring is 1. The van der Waals surface area contributed by atoms with Gasteiger partial charge in [-0.1, -0.05) is 60.7 Å². The number of alkyl halides is 12. The van der Waals surface area contributed by atoms with Crippen LogP contribution in [-0.4, -0.2) is 41.5 Å². The van der Waals surface area contributed by atoms with Gasteiger partial charge < -0.3 is 56.0 Å². The highest BCUT2D eigenvalue weighted by atomic mass is 19.4. The number of nitrogens with two attached hydrogens (primary N) is 3. The van der Waals surface area contributed by atoms with Gasteiger partial charge in [0.2, 0.25) is 0 Å². The predicted octanol–water partition coefficient (Wildman–Crippen LogP) is 14.9. The van der Waals surface area contributed by atoms with Crippen LogP contribution < -0.4 is 50.9 Å². The Balaban J connectivity index is 0.000000247. The first-order chi connectivity index (χ1) is 41.6. The molecule has 0 aliphatic heterocycles. The fourth-order valence-corrected chi connectivity index (χ4v) is 7.40. The Morgan fingerprint density at radius 3 is 1.19 bits per heavy atom. The summed E-state index contributed by atoms with van der Waals surface area (Å²) in [5, 5.41) is 11.4. The summed E-state index contributed by atoms with van der Waals surface area (Å²) in [6.07, 6.45) is -20.7. The van der Waals surface area contributed by atoms with E-state index < -0.39 is 148 Å². The molecule has 89 heavy (non-hydrogen) atoms. The highest BCUT2D eigenvalue weighted by Crippen LogP contribution is 2.46. The molecule has 31 heteroatoms. The first-order valence-corrected chi connectivity index (χ1v) is 24.4. The van der Waals surface area contributed by atoms with Crippen molar-refractivity contribution >= 4 is 35.1 Å². The summed E-state index contributed by atoms with van der Waals surface area (Å²) in [5.41, 5.74) is 8.55. The van der Waals surface area contributed by atoms with Crippen molar-refractivity contribution in [3.63, 3.8) is 0 Å². The molecule has 468 valence electrons. The van der Waals surface area contributed by atoms with Crippen molar-refractivity contribution in [2.45, 2.75) is 38.3 Å². The molecule has 0 heterocycles. The van der Waals surface area contributed by atoms with E-state index in [0.29, 0.717) is 28.9 Å². The van der Waals surface area contributed by atoms with Gasteiger partial charge in [-0.3, -0.25) is 14.4 Å². The van der Waals surface area contributed by atoms with E-state index in [9.17, 15) is 90.1 Å². The highest BCUT2D eigenvalue weighted by molar-refractivity contribution is 6.07. The van der Waals surface area contributed by atoms with E-state index in [1.54, 1.807) is 36.4 Å². The molecule has 0 spiro atoms. The summed E-state index contributed by atoms with van der Waals surface area (Å²) < 4.78 is 243. The monoisotopic (exact) mass is 1270 g/mol. The number of halogens is 16. The topological polar surface area (TPSA) is 234 Å². The van der Waals surface area contributed by atoms with Crippen LogP contribution in [0, 0.1) is 23.3 Å². The molecular formula is C58H38F16N4O11. The SMILES string of the molecule is NC(=O)c1cc(N)ccc1F.NC(=O)c1cc(NC(=O)c2c(Oc3ccc(OC(F)(F)F)cc3)cc(OCc3ccccc3)c(C(F)(F)F)c2F)ccc1F.O=C(O)c1c(Oc2ccc(OC(F)(F)F)cc2)cc(OCc2ccccc2)c(C(F)(F)F)c1F. The molecule has 3 amide bonds. The van der Waals surface area contributed by atoms with Crippen LogP contribution in [0.1, 0.15) is 63.7 Å². The summed E-state index contributed by atoms with van der Waals surface area (Å²) in [5.74, 6) is -17.4. The third-order valence-corrected chi connectivity index (χ3v) is 11.2. The maximum Gasteiger partial charge on any atom is 0.573 e. The number of amides is 3. The lowest BCUT2D eigenvalue weighted by Gasteiger charge is -2.20. The Hall–Kier alpha value is -10.9. The van der Waals surface area contributed by atoms with Crippen LogP contribution >= 0.6 is 0 Å². The lowest BCUT2D eigenvalue weighted by molar-refractivity contribution is -0.275. The van der Waals surface area contributed by atoms with Crippen molar-refractivity contribution < 1.29 is 123 Å². The molecule has 0 aromatic heterocycles. The number of primary amides is 2. The highest BCUT2D eigenvalue weighted by Gasteiger charge is 2.44. The van der Waals surface area contributed by atoms with Crippen LogP contribution in [0.2, 0.25) is 0 Å². The molecule has 15 nitrogen and oxygen atoms in total. The number of anilines is 2. The van der Waals surface area contributed by atoms with Gasteiger partial charge in [0.05, 0.1) is 11.1 Å². The summed E-state index contributed by atoms with van der Waals surface area (Å²) in [7, 11) is 0. The smallest absolute Gasteiger partial charge is 0.488 e. The quantitative estimate of drug-likeness (QED) is 0.0423. The minimum Gasteiger partial charge on any atom is -0.488 e. The third kappa shape index (κ3) is 19.1. The number of benzene rings is 8. The molecule has 0 unspecified atom stereocenters. The van der Waals surface area contributed by atoms with Crippen molar-refractivity contribution in [2.24, 2.45) is 11.5 Å². The van der Waals surface area contributed by atoms with Gasteiger partial charge >= 0.3 is 31.0 Å². The average Bonchev–Trinajstić information content (AvgIpc) is 0.883. The molecule has 0 aliphatic rings. The standard InChI is InChI=1S/C29H18F8N2O5.C22H13F7O5.C7H7FN2O/c30-20-11-6-16(12-19(20)26(38)40)39-27(41)23-21(43-17-7-9-18(10-8-17)44-29(35,36)37)13-22(24(25(23)31)28(32,33)34)42-14-15-4-2-1-3-5-15;23-19-17(20(30)31)15(33-13-6-8-14(9-7-13)34-22(27,28)29)10-16(18(19)21(24,25)26)32-11-12-4-2-1-3-5-12;8-6-2-1-4(9)3-5(6)7(10)11/h1-13H,14H2,(H2,38,40)(H,39,41);1-10H,11H2,(H,30,31);1-3H,9H2,(H2,10,11). The maximum absolute atomic E-state index is 15.8. The van der Waals surface area contributed by atoms with Crippen molar-refractivity contribution in [3.8, 4) is 46.0 Å². The Morgan fingerprint density at radius 2 is 0.820 bits per heavy atom. The van der Waals surface area contributed by atoms with Crippen LogP contribution in [0.15, 0.2) is 158 Å². The second-order valence-corrected chi connectivity index (χ2v) is 17.6. The van der Waals surface area contributed by atoms with E-state index in [1.165, 1.54) is 36.4 Å². The molecule has 0 bridgehead atoms. The number of ether oxygens (including phenoxy) is 6. The fraction of sp³-hybridized carbons (Fsp3) is 0.103. The van der Waals surface area contributed by atoms with Gasteiger partial charge in [0.1, 0.15) is 93.1 Å². The summed E-state index contributed by atoms with van der Waals surface area (Å²) >= 11 is 0. The predicted molar refractivity (Wildman–Crippen MR) is 280 cm³/mol. The zero-order chi connectivity index (χ0) is 65.8. The van der Waals surface area contributed by atoms with Gasteiger partial charge in [-0.15, -0.1) is 26.3 Å². The number of carboxylic acid groups (broad SMARTS) is 1. The number of carbonyl (C=O) groups excluding carboxylic acids is 3. The summed E-state index contributed by atoms with van der Waals surface area (Å²) in [6.45, 7) is -0.859. The van der Waals surface area contributed by atoms with Crippen LogP contribution in [-0.2, 0) is 25.6 Å². The second kappa shape index (κ2) is 28.1. The Bertz CT molecular complexity index is 3830. The summed E-state index contributed by atoms with van der Waals surface area (Å²) in [6, 6.07) is 30.0. The maximum atomic E-state index is 15.8. The Morgan fingerprint density at radius 1 is 0.449 bits per heavy atom. The molecule has 0 saturated heterocycles. The van der Waals surface area contributed by atoms with Gasteiger partial charge in [-0.2, -0.15) is 26.3 Å². The number of nitrogens with one attached hydrogen (secondary N) is 1. The number of rotatable bonds is 17. The van der Waals surface area contributed by atoms with E-state index in [4.69, 9.17) is 36.1 Å². The number of carboxylic acids is 1. The minimum atomic E-state index is -5.39. The van der Waals surface area contributed by atoms with Gasteiger partial charge in [0.25, 0.3) is 17.7 Å². The molecule has 8 aromatic rings. The van der Waals surface area contributed by atoms with Gasteiger partial charge in [-0.05, 0) is 96.1 Å². The molecule has 8 aromatic carbocycles. The summed E-state index contributed by atoms with van der Waals surface area (Å²) in [4.78, 5) is 46.7. The minimum absolute atomic E-state index is 0.176. The molecule has 0 fully saturated rings. The number of aromatic carboxylic acids is 1. The van der Waals surface area contributed by atoms with Crippen LogP contribution in [0.25, 0.3) is 0 Å².